The van der Waals surface area contributed by atoms with E-state index in [0.717, 1.165) is 0 Å². The van der Waals surface area contributed by atoms with Gasteiger partial charge in [0.05, 0.1) is 5.02 Å². The van der Waals surface area contributed by atoms with Crippen molar-refractivity contribution in [2.45, 2.75) is 31.6 Å². The van der Waals surface area contributed by atoms with E-state index in [1.165, 1.54) is 22.5 Å². The summed E-state index contributed by atoms with van der Waals surface area (Å²) in [6.07, 6.45) is -0.0200. The molecule has 1 N–H and O–H groups in total. The third-order valence-corrected chi connectivity index (χ3v) is 7.07. The molecule has 0 aliphatic rings. The van der Waals surface area contributed by atoms with Gasteiger partial charge in [-0.2, -0.15) is 4.31 Å². The number of hydrogen-bond donors (Lipinski definition) is 1. The van der Waals surface area contributed by atoms with Crippen molar-refractivity contribution in [1.82, 2.24) is 4.31 Å². The van der Waals surface area contributed by atoms with Crippen molar-refractivity contribution < 1.29 is 18.0 Å². The number of sulfonamides is 1. The van der Waals surface area contributed by atoms with Crippen molar-refractivity contribution in [3.8, 4) is 0 Å². The van der Waals surface area contributed by atoms with E-state index in [4.69, 9.17) is 23.2 Å². The van der Waals surface area contributed by atoms with E-state index in [-0.39, 0.29) is 28.5 Å². The molecule has 0 aromatic heterocycles. The maximum atomic E-state index is 12.7. The smallest absolute Gasteiger partial charge is 0.244 e. The van der Waals surface area contributed by atoms with Crippen LogP contribution in [0.4, 0.5) is 5.69 Å². The van der Waals surface area contributed by atoms with Crippen LogP contribution in [0.1, 0.15) is 37.0 Å². The number of nitrogens with one attached hydrogen (secondary N) is 1. The Bertz CT molecular complexity index is 988. The van der Waals surface area contributed by atoms with Crippen LogP contribution in [0.15, 0.2) is 47.4 Å². The molecule has 2 aromatic carbocycles. The lowest BCUT2D eigenvalue weighted by atomic mass is 10.1. The standard InChI is InChI=1S/C20H22Cl2N2O4S/c1-3-24(4-2)29(27,28)19-13-16(9-10-17(19)22)23-20(26)12-11-18(25)14-5-7-15(21)8-6-14/h5-10,13H,3-4,11-12H2,1-2H3,(H,23,26). The molecular formula is C20H22Cl2N2O4S. The van der Waals surface area contributed by atoms with Crippen LogP contribution in [0.2, 0.25) is 10.0 Å². The van der Waals surface area contributed by atoms with Gasteiger partial charge in [0.1, 0.15) is 4.90 Å². The first kappa shape index (κ1) is 23.3. The number of anilines is 1. The molecule has 0 unspecified atom stereocenters. The van der Waals surface area contributed by atoms with E-state index in [2.05, 4.69) is 5.32 Å². The van der Waals surface area contributed by atoms with Crippen LogP contribution in [0.5, 0.6) is 0 Å². The van der Waals surface area contributed by atoms with Gasteiger partial charge in [-0.3, -0.25) is 9.59 Å². The van der Waals surface area contributed by atoms with Crippen LogP contribution >= 0.6 is 23.2 Å². The highest BCUT2D eigenvalue weighted by atomic mass is 35.5. The molecule has 0 aliphatic carbocycles. The summed E-state index contributed by atoms with van der Waals surface area (Å²) in [5, 5.41) is 3.22. The molecule has 9 heteroatoms. The summed E-state index contributed by atoms with van der Waals surface area (Å²) in [6, 6.07) is 10.7. The summed E-state index contributed by atoms with van der Waals surface area (Å²) < 4.78 is 26.7. The predicted octanol–water partition coefficient (Wildman–Crippen LogP) is 4.63. The minimum absolute atomic E-state index is 0.0195. The normalized spacial score (nSPS) is 11.5. The number of benzene rings is 2. The van der Waals surface area contributed by atoms with Gasteiger partial charge in [0.25, 0.3) is 0 Å². The Morgan fingerprint density at radius 3 is 2.17 bits per heavy atom. The van der Waals surface area contributed by atoms with Crippen LogP contribution in [0, 0.1) is 0 Å². The van der Waals surface area contributed by atoms with Gasteiger partial charge in [-0.05, 0) is 42.5 Å². The van der Waals surface area contributed by atoms with Crippen LogP contribution in [-0.4, -0.2) is 37.5 Å². The van der Waals surface area contributed by atoms with Gasteiger partial charge in [0, 0.05) is 42.2 Å². The van der Waals surface area contributed by atoms with E-state index in [1.54, 1.807) is 38.1 Å². The lowest BCUT2D eigenvalue weighted by Crippen LogP contribution is -2.30. The van der Waals surface area contributed by atoms with Gasteiger partial charge in [-0.25, -0.2) is 8.42 Å². The van der Waals surface area contributed by atoms with Crippen LogP contribution in [0.3, 0.4) is 0 Å². The van der Waals surface area contributed by atoms with E-state index in [0.29, 0.717) is 29.4 Å². The minimum atomic E-state index is -3.77. The highest BCUT2D eigenvalue weighted by molar-refractivity contribution is 7.89. The summed E-state index contributed by atoms with van der Waals surface area (Å²) >= 11 is 11.9. The molecule has 0 bridgehead atoms. The maximum absolute atomic E-state index is 12.7. The van der Waals surface area contributed by atoms with Gasteiger partial charge in [-0.15, -0.1) is 0 Å². The fraction of sp³-hybridized carbons (Fsp3) is 0.300. The van der Waals surface area contributed by atoms with Gasteiger partial charge < -0.3 is 5.32 Å². The lowest BCUT2D eigenvalue weighted by molar-refractivity contribution is -0.116. The molecule has 6 nitrogen and oxygen atoms in total. The second-order valence-electron chi connectivity index (χ2n) is 6.21. The number of rotatable bonds is 9. The fourth-order valence-corrected chi connectivity index (χ4v) is 4.80. The summed E-state index contributed by atoms with van der Waals surface area (Å²) in [5.74, 6) is -0.585. The van der Waals surface area contributed by atoms with E-state index >= 15 is 0 Å². The van der Waals surface area contributed by atoms with E-state index in [1.807, 2.05) is 0 Å². The second-order valence-corrected chi connectivity index (χ2v) is 8.96. The number of carbonyl (C=O) groups is 2. The molecule has 29 heavy (non-hydrogen) atoms. The van der Waals surface area contributed by atoms with Crippen molar-refractivity contribution in [2.24, 2.45) is 0 Å². The third kappa shape index (κ3) is 6.02. The zero-order valence-corrected chi connectivity index (χ0v) is 18.4. The highest BCUT2D eigenvalue weighted by Crippen LogP contribution is 2.28. The third-order valence-electron chi connectivity index (χ3n) is 4.28. The Balaban J connectivity index is 2.07. The SMILES string of the molecule is CCN(CC)S(=O)(=O)c1cc(NC(=O)CCC(=O)c2ccc(Cl)cc2)ccc1Cl. The second kappa shape index (κ2) is 10.2. The number of hydrogen-bond acceptors (Lipinski definition) is 4. The monoisotopic (exact) mass is 456 g/mol. The number of ketones is 1. The fourth-order valence-electron chi connectivity index (χ4n) is 2.71. The summed E-state index contributed by atoms with van der Waals surface area (Å²) in [6.45, 7) is 4.08. The maximum Gasteiger partial charge on any atom is 0.244 e. The first-order valence-electron chi connectivity index (χ1n) is 9.07. The molecule has 0 fully saturated rings. The summed E-state index contributed by atoms with van der Waals surface area (Å²) in [7, 11) is -3.77. The number of amides is 1. The largest absolute Gasteiger partial charge is 0.326 e. The Kier molecular flexibility index (Phi) is 8.22. The van der Waals surface area contributed by atoms with E-state index < -0.39 is 15.9 Å². The van der Waals surface area contributed by atoms with Crippen molar-refractivity contribution in [3.63, 3.8) is 0 Å². The van der Waals surface area contributed by atoms with Crippen LogP contribution < -0.4 is 5.32 Å². The summed E-state index contributed by atoms with van der Waals surface area (Å²) in [5.41, 5.74) is 0.769. The van der Waals surface area contributed by atoms with E-state index in [9.17, 15) is 18.0 Å². The van der Waals surface area contributed by atoms with Crippen molar-refractivity contribution in [2.75, 3.05) is 18.4 Å². The lowest BCUT2D eigenvalue weighted by Gasteiger charge is -2.19. The molecule has 0 heterocycles. The summed E-state index contributed by atoms with van der Waals surface area (Å²) in [4.78, 5) is 24.3. The van der Waals surface area contributed by atoms with Crippen LogP contribution in [-0.2, 0) is 14.8 Å². The average molecular weight is 457 g/mol. The predicted molar refractivity (Wildman–Crippen MR) is 115 cm³/mol. The van der Waals surface area contributed by atoms with Gasteiger partial charge in [0.15, 0.2) is 5.78 Å². The Hall–Kier alpha value is -1.93. The van der Waals surface area contributed by atoms with Crippen molar-refractivity contribution in [1.29, 1.82) is 0 Å². The topological polar surface area (TPSA) is 83.6 Å². The Labute approximate surface area is 180 Å². The van der Waals surface area contributed by atoms with Gasteiger partial charge in [0.2, 0.25) is 15.9 Å². The molecule has 0 aliphatic heterocycles. The molecule has 0 spiro atoms. The zero-order chi connectivity index (χ0) is 21.6. The first-order chi connectivity index (χ1) is 13.7. The molecule has 0 radical (unpaired) electrons. The number of halogens is 2. The zero-order valence-electron chi connectivity index (χ0n) is 16.1. The average Bonchev–Trinajstić information content (AvgIpc) is 2.68. The Morgan fingerprint density at radius 2 is 1.59 bits per heavy atom. The Morgan fingerprint density at radius 1 is 0.966 bits per heavy atom. The molecular weight excluding hydrogens is 435 g/mol. The molecule has 156 valence electrons. The highest BCUT2D eigenvalue weighted by Gasteiger charge is 2.25. The number of nitrogens with zero attached hydrogens (tertiary/aromatic N) is 1. The molecule has 0 atom stereocenters. The quantitative estimate of drug-likeness (QED) is 0.557. The minimum Gasteiger partial charge on any atom is -0.326 e. The van der Waals surface area contributed by atoms with Gasteiger partial charge >= 0.3 is 0 Å². The number of carbonyl (C=O) groups excluding carboxylic acids is 2. The number of Topliss-reactive ketones (excluding diaryl/α,β-unsaturated/α-hetero) is 1. The molecule has 0 saturated heterocycles. The van der Waals surface area contributed by atoms with Gasteiger partial charge in [-0.1, -0.05) is 37.0 Å². The molecule has 1 amide bonds. The first-order valence-corrected chi connectivity index (χ1v) is 11.3. The molecule has 2 aromatic rings. The molecule has 0 saturated carbocycles. The van der Waals surface area contributed by atoms with Crippen molar-refractivity contribution in [3.05, 3.63) is 58.1 Å². The molecule has 2 rings (SSSR count). The van der Waals surface area contributed by atoms with Crippen LogP contribution in [0.25, 0.3) is 0 Å². The van der Waals surface area contributed by atoms with Crippen molar-refractivity contribution >= 4 is 50.6 Å².